The second-order valence-corrected chi connectivity index (χ2v) is 3.56. The highest BCUT2D eigenvalue weighted by Crippen LogP contribution is 2.30. The maximum absolute atomic E-state index is 10.8. The average molecular weight is 213 g/mol. The van der Waals surface area contributed by atoms with E-state index in [4.69, 9.17) is 15.2 Å². The molecule has 0 bridgehead atoms. The molecule has 2 N–H and O–H groups in total. The van der Waals surface area contributed by atoms with E-state index in [1.165, 1.54) is 18.4 Å². The molecule has 0 aliphatic carbocycles. The highest BCUT2D eigenvalue weighted by molar-refractivity contribution is 7.13. The Hall–Kier alpha value is -1.63. The van der Waals surface area contributed by atoms with E-state index in [0.29, 0.717) is 10.1 Å². The lowest BCUT2D eigenvalue weighted by Gasteiger charge is -2.04. The van der Waals surface area contributed by atoms with E-state index in [-0.39, 0.29) is 5.84 Å². The normalized spacial score (nSPS) is 20.5. The molecule has 14 heavy (non-hydrogen) atoms. The quantitative estimate of drug-likeness (QED) is 0.781. The van der Waals surface area contributed by atoms with Gasteiger partial charge in [-0.25, -0.2) is 9.78 Å². The largest absolute Gasteiger partial charge is 0.473 e. The Morgan fingerprint density at radius 1 is 1.71 bits per heavy atom. The number of amides is 1. The van der Waals surface area contributed by atoms with E-state index < -0.39 is 12.2 Å². The monoisotopic (exact) mass is 213 g/mol. The molecule has 74 valence electrons. The number of hydrogen-bond acceptors (Lipinski definition) is 6. The van der Waals surface area contributed by atoms with Gasteiger partial charge < -0.3 is 15.2 Å². The number of aromatic nitrogens is 1. The SMILES string of the molecule is COc1ncc(C2OC(=O)N=C2N)s1. The number of ether oxygens (including phenoxy) is 2. The molecule has 1 aliphatic rings. The molecule has 1 unspecified atom stereocenters. The first-order chi connectivity index (χ1) is 6.70. The summed E-state index contributed by atoms with van der Waals surface area (Å²) in [4.78, 5) is 18.9. The lowest BCUT2D eigenvalue weighted by atomic mass is 10.3. The van der Waals surface area contributed by atoms with Crippen LogP contribution < -0.4 is 10.5 Å². The number of nitrogens with two attached hydrogens (primary N) is 1. The summed E-state index contributed by atoms with van der Waals surface area (Å²) in [6.45, 7) is 0. The Morgan fingerprint density at radius 2 is 2.50 bits per heavy atom. The van der Waals surface area contributed by atoms with Crippen LogP contribution in [0.5, 0.6) is 5.19 Å². The fourth-order valence-corrected chi connectivity index (χ4v) is 1.81. The van der Waals surface area contributed by atoms with Crippen LogP contribution in [0.3, 0.4) is 0 Å². The number of carbonyl (C=O) groups excluding carboxylic acids is 1. The lowest BCUT2D eigenvalue weighted by Crippen LogP contribution is -2.17. The molecular weight excluding hydrogens is 206 g/mol. The summed E-state index contributed by atoms with van der Waals surface area (Å²) in [5.41, 5.74) is 5.49. The van der Waals surface area contributed by atoms with Gasteiger partial charge in [0, 0.05) is 6.20 Å². The number of rotatable bonds is 2. The first-order valence-electron chi connectivity index (χ1n) is 3.75. The lowest BCUT2D eigenvalue weighted by molar-refractivity contribution is 0.150. The van der Waals surface area contributed by atoms with Gasteiger partial charge in [-0.2, -0.15) is 4.99 Å². The predicted octanol–water partition coefficient (Wildman–Crippen LogP) is 0.700. The number of amidine groups is 1. The second-order valence-electron chi connectivity index (χ2n) is 2.53. The smallest absolute Gasteiger partial charge is 0.436 e. The van der Waals surface area contributed by atoms with Gasteiger partial charge in [-0.3, -0.25) is 0 Å². The number of thiazole rings is 1. The van der Waals surface area contributed by atoms with Gasteiger partial charge in [0.25, 0.3) is 5.19 Å². The summed E-state index contributed by atoms with van der Waals surface area (Å²) in [6.07, 6.45) is 0.276. The summed E-state index contributed by atoms with van der Waals surface area (Å²) in [5, 5.41) is 0.496. The number of hydrogen-bond donors (Lipinski definition) is 1. The minimum atomic E-state index is -0.667. The third-order valence-corrected chi connectivity index (χ3v) is 2.64. The minimum Gasteiger partial charge on any atom is -0.473 e. The zero-order valence-corrected chi connectivity index (χ0v) is 8.08. The number of nitrogens with zero attached hydrogens (tertiary/aromatic N) is 2. The Labute approximate surface area is 83.4 Å². The van der Waals surface area contributed by atoms with Gasteiger partial charge >= 0.3 is 6.09 Å². The third-order valence-electron chi connectivity index (χ3n) is 1.64. The molecule has 1 aliphatic heterocycles. The molecular formula is C7H7N3O3S. The summed E-state index contributed by atoms with van der Waals surface area (Å²) >= 11 is 1.26. The van der Waals surface area contributed by atoms with Crippen molar-refractivity contribution in [3.05, 3.63) is 11.1 Å². The van der Waals surface area contributed by atoms with Gasteiger partial charge in [0.05, 0.1) is 12.0 Å². The predicted molar refractivity (Wildman–Crippen MR) is 49.5 cm³/mol. The van der Waals surface area contributed by atoms with E-state index in [2.05, 4.69) is 9.98 Å². The molecule has 0 fully saturated rings. The van der Waals surface area contributed by atoms with E-state index in [9.17, 15) is 4.79 Å². The maximum Gasteiger partial charge on any atom is 0.436 e. The minimum absolute atomic E-state index is 0.154. The van der Waals surface area contributed by atoms with Crippen molar-refractivity contribution in [2.75, 3.05) is 7.11 Å². The van der Waals surface area contributed by atoms with E-state index in [1.807, 2.05) is 0 Å². The molecule has 2 rings (SSSR count). The van der Waals surface area contributed by atoms with Crippen LogP contribution in [0.1, 0.15) is 11.0 Å². The van der Waals surface area contributed by atoms with Crippen LogP contribution in [-0.2, 0) is 4.74 Å². The molecule has 6 nitrogen and oxygen atoms in total. The second kappa shape index (κ2) is 3.26. The highest BCUT2D eigenvalue weighted by Gasteiger charge is 2.29. The molecule has 2 heterocycles. The zero-order chi connectivity index (χ0) is 10.1. The number of cyclic esters (lactones) is 1. The standard InChI is InChI=1S/C7H7N3O3S/c1-12-7-9-2-3(14-7)4-5(8)10-6(11)13-4/h2,4H,1H3,(H2,8,10,11). The van der Waals surface area contributed by atoms with Crippen LogP contribution in [0.4, 0.5) is 4.79 Å². The van der Waals surface area contributed by atoms with Gasteiger partial charge in [-0.1, -0.05) is 11.3 Å². The molecule has 0 saturated carbocycles. The molecule has 1 atom stereocenters. The summed E-state index contributed by atoms with van der Waals surface area (Å²) < 4.78 is 9.77. The molecule has 0 aromatic carbocycles. The average Bonchev–Trinajstić information content (AvgIpc) is 2.71. The van der Waals surface area contributed by atoms with Gasteiger partial charge in [0.1, 0.15) is 0 Å². The Bertz CT molecular complexity index is 401. The molecule has 1 aromatic heterocycles. The molecule has 0 saturated heterocycles. The number of carbonyl (C=O) groups is 1. The van der Waals surface area contributed by atoms with E-state index in [1.54, 1.807) is 6.20 Å². The first kappa shape index (κ1) is 8.95. The summed E-state index contributed by atoms with van der Waals surface area (Å²) in [5.74, 6) is 0.154. The Morgan fingerprint density at radius 3 is 3.00 bits per heavy atom. The van der Waals surface area contributed by atoms with Crippen LogP contribution in [0.15, 0.2) is 11.2 Å². The third kappa shape index (κ3) is 1.41. The summed E-state index contributed by atoms with van der Waals surface area (Å²) in [7, 11) is 1.51. The molecule has 0 spiro atoms. The van der Waals surface area contributed by atoms with Crippen LogP contribution in [0.25, 0.3) is 0 Å². The van der Waals surface area contributed by atoms with Crippen molar-refractivity contribution in [3.8, 4) is 5.19 Å². The Balaban J connectivity index is 2.24. The van der Waals surface area contributed by atoms with Crippen molar-refractivity contribution in [1.29, 1.82) is 0 Å². The van der Waals surface area contributed by atoms with Crippen LogP contribution in [-0.4, -0.2) is 24.0 Å². The number of aliphatic imine (C=N–C) groups is 1. The fourth-order valence-electron chi connectivity index (χ4n) is 1.04. The highest BCUT2D eigenvalue weighted by atomic mass is 32.1. The molecule has 7 heteroatoms. The topological polar surface area (TPSA) is 86.8 Å². The fraction of sp³-hybridized carbons (Fsp3) is 0.286. The van der Waals surface area contributed by atoms with Gasteiger partial charge in [-0.05, 0) is 0 Å². The Kier molecular flexibility index (Phi) is 2.08. The van der Waals surface area contributed by atoms with Crippen molar-refractivity contribution in [2.24, 2.45) is 10.7 Å². The summed E-state index contributed by atoms with van der Waals surface area (Å²) in [6, 6.07) is 0. The van der Waals surface area contributed by atoms with Crippen molar-refractivity contribution < 1.29 is 14.3 Å². The van der Waals surface area contributed by atoms with Gasteiger partial charge in [-0.15, -0.1) is 0 Å². The van der Waals surface area contributed by atoms with E-state index in [0.717, 1.165) is 0 Å². The van der Waals surface area contributed by atoms with Crippen molar-refractivity contribution in [3.63, 3.8) is 0 Å². The zero-order valence-electron chi connectivity index (χ0n) is 7.26. The van der Waals surface area contributed by atoms with Crippen molar-refractivity contribution in [2.45, 2.75) is 6.10 Å². The van der Waals surface area contributed by atoms with Crippen molar-refractivity contribution in [1.82, 2.24) is 4.98 Å². The maximum atomic E-state index is 10.8. The van der Waals surface area contributed by atoms with E-state index >= 15 is 0 Å². The number of methoxy groups -OCH3 is 1. The molecule has 0 radical (unpaired) electrons. The van der Waals surface area contributed by atoms with Crippen LogP contribution in [0.2, 0.25) is 0 Å². The molecule has 1 amide bonds. The van der Waals surface area contributed by atoms with Crippen molar-refractivity contribution >= 4 is 23.3 Å². The van der Waals surface area contributed by atoms with Crippen LogP contribution in [0, 0.1) is 0 Å². The van der Waals surface area contributed by atoms with Gasteiger partial charge in [0.2, 0.25) is 0 Å². The first-order valence-corrected chi connectivity index (χ1v) is 4.56. The molecule has 1 aromatic rings. The van der Waals surface area contributed by atoms with Crippen LogP contribution >= 0.6 is 11.3 Å². The van der Waals surface area contributed by atoms with Gasteiger partial charge in [0.15, 0.2) is 11.9 Å².